The minimum atomic E-state index is -0.494. The van der Waals surface area contributed by atoms with E-state index in [0.29, 0.717) is 25.2 Å². The lowest BCUT2D eigenvalue weighted by Gasteiger charge is -2.39. The molecule has 5 heteroatoms. The molecule has 0 aromatic carbocycles. The van der Waals surface area contributed by atoms with Crippen LogP contribution in [0, 0.1) is 0 Å². The van der Waals surface area contributed by atoms with Crippen LogP contribution in [0.3, 0.4) is 0 Å². The van der Waals surface area contributed by atoms with Gasteiger partial charge >= 0.3 is 5.97 Å². The smallest absolute Gasteiger partial charge is 0.344 e. The molecule has 1 aliphatic heterocycles. The fourth-order valence-corrected chi connectivity index (χ4v) is 3.15. The monoisotopic (exact) mass is 295 g/mol. The fourth-order valence-electron chi connectivity index (χ4n) is 3.15. The van der Waals surface area contributed by atoms with E-state index in [1.165, 1.54) is 6.42 Å². The van der Waals surface area contributed by atoms with Gasteiger partial charge in [0.2, 0.25) is 0 Å². The molecule has 5 nitrogen and oxygen atoms in total. The summed E-state index contributed by atoms with van der Waals surface area (Å²) in [4.78, 5) is 17.5. The summed E-state index contributed by atoms with van der Waals surface area (Å²) < 4.78 is 5.71. The minimum Gasteiger partial charge on any atom is -0.511 e. The minimum absolute atomic E-state index is 0.111. The van der Waals surface area contributed by atoms with Crippen LogP contribution in [-0.2, 0) is 14.4 Å². The Morgan fingerprint density at radius 3 is 2.62 bits per heavy atom. The van der Waals surface area contributed by atoms with Crippen molar-refractivity contribution in [2.45, 2.75) is 70.8 Å². The number of nitrogens with zero attached hydrogens (tertiary/aromatic N) is 1. The number of oxime groups is 1. The normalized spacial score (nSPS) is 22.4. The third kappa shape index (κ3) is 3.57. The lowest BCUT2D eigenvalue weighted by atomic mass is 9.79. The average molecular weight is 295 g/mol. The van der Waals surface area contributed by atoms with Gasteiger partial charge in [-0.05, 0) is 39.0 Å². The van der Waals surface area contributed by atoms with Crippen LogP contribution in [0.25, 0.3) is 0 Å². The topological polar surface area (TPSA) is 68.1 Å². The SMILES string of the molecule is CCCC(=NOCC)C1=C(O)CC2(CCCCC2)OC1=O. The van der Waals surface area contributed by atoms with Gasteiger partial charge in [-0.15, -0.1) is 0 Å². The molecule has 0 atom stereocenters. The molecule has 2 rings (SSSR count). The van der Waals surface area contributed by atoms with E-state index >= 15 is 0 Å². The Kier molecular flexibility index (Phi) is 5.26. The second-order valence-corrected chi connectivity index (χ2v) is 5.84. The summed E-state index contributed by atoms with van der Waals surface area (Å²) >= 11 is 0. The van der Waals surface area contributed by atoms with E-state index < -0.39 is 11.6 Å². The quantitative estimate of drug-likeness (QED) is 0.477. The molecular formula is C16H25NO4. The molecule has 1 saturated carbocycles. The molecule has 1 N–H and O–H groups in total. The Hall–Kier alpha value is -1.52. The molecule has 0 aromatic heterocycles. The van der Waals surface area contributed by atoms with Crippen LogP contribution < -0.4 is 0 Å². The molecule has 0 amide bonds. The van der Waals surface area contributed by atoms with Crippen molar-refractivity contribution in [2.75, 3.05) is 6.61 Å². The third-order valence-corrected chi connectivity index (χ3v) is 4.14. The van der Waals surface area contributed by atoms with Crippen molar-refractivity contribution in [3.05, 3.63) is 11.3 Å². The zero-order valence-corrected chi connectivity index (χ0v) is 13.0. The maximum Gasteiger partial charge on any atom is 0.344 e. The molecule has 1 aliphatic carbocycles. The van der Waals surface area contributed by atoms with Crippen LogP contribution in [0.5, 0.6) is 0 Å². The first-order valence-corrected chi connectivity index (χ1v) is 7.96. The third-order valence-electron chi connectivity index (χ3n) is 4.14. The lowest BCUT2D eigenvalue weighted by Crippen LogP contribution is -2.43. The highest BCUT2D eigenvalue weighted by Gasteiger charge is 2.43. The number of aliphatic hydroxyl groups is 1. The maximum absolute atomic E-state index is 12.4. The summed E-state index contributed by atoms with van der Waals surface area (Å²) in [6, 6.07) is 0. The number of ether oxygens (including phenoxy) is 1. The van der Waals surface area contributed by atoms with Crippen LogP contribution in [-0.4, -0.2) is 29.0 Å². The molecule has 0 saturated heterocycles. The second-order valence-electron chi connectivity index (χ2n) is 5.84. The molecule has 1 fully saturated rings. The Morgan fingerprint density at radius 2 is 2.05 bits per heavy atom. The van der Waals surface area contributed by atoms with Gasteiger partial charge in [0.05, 0.1) is 5.71 Å². The van der Waals surface area contributed by atoms with Crippen LogP contribution in [0.2, 0.25) is 0 Å². The molecule has 1 spiro atoms. The Balaban J connectivity index is 2.25. The van der Waals surface area contributed by atoms with Gasteiger partial charge in [-0.1, -0.05) is 24.9 Å². The Morgan fingerprint density at radius 1 is 1.33 bits per heavy atom. The zero-order chi connectivity index (χ0) is 15.3. The summed E-state index contributed by atoms with van der Waals surface area (Å²) in [6.45, 7) is 4.26. The number of rotatable bonds is 5. The average Bonchev–Trinajstić information content (AvgIpc) is 2.44. The highest BCUT2D eigenvalue weighted by atomic mass is 16.6. The first kappa shape index (κ1) is 15.9. The van der Waals surface area contributed by atoms with Crippen molar-refractivity contribution in [1.82, 2.24) is 0 Å². The molecule has 0 unspecified atom stereocenters. The van der Waals surface area contributed by atoms with Gasteiger partial charge < -0.3 is 14.7 Å². The molecule has 1 heterocycles. The van der Waals surface area contributed by atoms with Crippen LogP contribution in [0.1, 0.15) is 65.2 Å². The van der Waals surface area contributed by atoms with Crippen LogP contribution >= 0.6 is 0 Å². The lowest BCUT2D eigenvalue weighted by molar-refractivity contribution is -0.161. The number of carbonyl (C=O) groups excluding carboxylic acids is 1. The van der Waals surface area contributed by atoms with Crippen molar-refractivity contribution in [2.24, 2.45) is 5.16 Å². The number of hydrogen-bond donors (Lipinski definition) is 1. The highest BCUT2D eigenvalue weighted by molar-refractivity contribution is 6.20. The van der Waals surface area contributed by atoms with E-state index in [9.17, 15) is 9.90 Å². The molecular weight excluding hydrogens is 270 g/mol. The first-order valence-electron chi connectivity index (χ1n) is 7.96. The van der Waals surface area contributed by atoms with Gasteiger partial charge in [-0.25, -0.2) is 4.79 Å². The van der Waals surface area contributed by atoms with Gasteiger partial charge in [0.25, 0.3) is 0 Å². The van der Waals surface area contributed by atoms with Crippen LogP contribution in [0.4, 0.5) is 0 Å². The van der Waals surface area contributed by atoms with E-state index in [1.54, 1.807) is 0 Å². The second kappa shape index (κ2) is 6.96. The van der Waals surface area contributed by atoms with E-state index in [0.717, 1.165) is 32.1 Å². The summed E-state index contributed by atoms with van der Waals surface area (Å²) in [5.41, 5.74) is 0.209. The van der Waals surface area contributed by atoms with E-state index in [1.807, 2.05) is 13.8 Å². The predicted octanol–water partition coefficient (Wildman–Crippen LogP) is 3.64. The van der Waals surface area contributed by atoms with Crippen molar-refractivity contribution in [3.8, 4) is 0 Å². The number of esters is 1. The summed E-state index contributed by atoms with van der Waals surface area (Å²) in [6.07, 6.45) is 6.74. The van der Waals surface area contributed by atoms with E-state index in [2.05, 4.69) is 5.16 Å². The Bertz CT molecular complexity index is 447. The molecule has 0 radical (unpaired) electrons. The van der Waals surface area contributed by atoms with Gasteiger partial charge in [0, 0.05) is 6.42 Å². The van der Waals surface area contributed by atoms with Crippen molar-refractivity contribution in [1.29, 1.82) is 0 Å². The fraction of sp³-hybridized carbons (Fsp3) is 0.750. The van der Waals surface area contributed by atoms with Crippen molar-refractivity contribution < 1.29 is 19.5 Å². The predicted molar refractivity (Wildman–Crippen MR) is 80.1 cm³/mol. The summed E-state index contributed by atoms with van der Waals surface area (Å²) in [5, 5.41) is 14.4. The van der Waals surface area contributed by atoms with Crippen LogP contribution in [0.15, 0.2) is 16.5 Å². The van der Waals surface area contributed by atoms with Crippen molar-refractivity contribution in [3.63, 3.8) is 0 Å². The molecule has 118 valence electrons. The van der Waals surface area contributed by atoms with Gasteiger partial charge in [-0.2, -0.15) is 0 Å². The number of hydrogen-bond acceptors (Lipinski definition) is 5. The van der Waals surface area contributed by atoms with Gasteiger partial charge in [0.15, 0.2) is 0 Å². The standard InChI is InChI=1S/C16H25NO4/c1-3-8-12(17-20-4-2)14-13(18)11-16(21-15(14)19)9-6-5-7-10-16/h18H,3-11H2,1-2H3. The molecule has 0 bridgehead atoms. The first-order chi connectivity index (χ1) is 10.1. The highest BCUT2D eigenvalue weighted by Crippen LogP contribution is 2.40. The number of carbonyl (C=O) groups is 1. The van der Waals surface area contributed by atoms with E-state index in [4.69, 9.17) is 9.57 Å². The summed E-state index contributed by atoms with van der Waals surface area (Å²) in [7, 11) is 0. The maximum atomic E-state index is 12.4. The van der Waals surface area contributed by atoms with Crippen molar-refractivity contribution >= 4 is 11.7 Å². The van der Waals surface area contributed by atoms with Gasteiger partial charge in [-0.3, -0.25) is 0 Å². The van der Waals surface area contributed by atoms with Gasteiger partial charge in [0.1, 0.15) is 23.5 Å². The zero-order valence-electron chi connectivity index (χ0n) is 13.0. The molecule has 21 heavy (non-hydrogen) atoms. The molecule has 0 aromatic rings. The largest absolute Gasteiger partial charge is 0.511 e. The summed E-state index contributed by atoms with van der Waals surface area (Å²) in [5.74, 6) is -0.340. The Labute approximate surface area is 126 Å². The van der Waals surface area contributed by atoms with E-state index in [-0.39, 0.29) is 11.3 Å². The molecule has 2 aliphatic rings. The number of aliphatic hydroxyl groups excluding tert-OH is 1.